The highest BCUT2D eigenvalue weighted by Gasteiger charge is 2.02. The molecule has 4 heteroatoms. The number of benzene rings is 1. The average Bonchev–Trinajstić information content (AvgIpc) is 2.16. The minimum Gasteiger partial charge on any atom is -0.390 e. The molecule has 78 valence electrons. The van der Waals surface area contributed by atoms with Gasteiger partial charge >= 0.3 is 0 Å². The molecule has 3 nitrogen and oxygen atoms in total. The van der Waals surface area contributed by atoms with Crippen LogP contribution in [0.4, 0.5) is 5.69 Å². The molecule has 1 rings (SSSR count). The molecule has 0 aromatic heterocycles. The summed E-state index contributed by atoms with van der Waals surface area (Å²) in [5.74, 6) is 0. The predicted octanol–water partition coefficient (Wildman–Crippen LogP) is 1.49. The van der Waals surface area contributed by atoms with Crippen molar-refractivity contribution >= 4 is 21.6 Å². The Morgan fingerprint density at radius 3 is 2.86 bits per heavy atom. The average molecular weight is 259 g/mol. The van der Waals surface area contributed by atoms with Crippen LogP contribution in [0, 0.1) is 6.92 Å². The smallest absolute Gasteiger partial charge is 0.0834 e. The van der Waals surface area contributed by atoms with Crippen LogP contribution < -0.4 is 11.1 Å². The maximum absolute atomic E-state index is 9.27. The van der Waals surface area contributed by atoms with E-state index in [2.05, 4.69) is 21.2 Å². The Morgan fingerprint density at radius 1 is 1.57 bits per heavy atom. The largest absolute Gasteiger partial charge is 0.390 e. The lowest BCUT2D eigenvalue weighted by Crippen LogP contribution is -2.27. The van der Waals surface area contributed by atoms with Gasteiger partial charge in [0.25, 0.3) is 0 Å². The second-order valence-electron chi connectivity index (χ2n) is 3.23. The fraction of sp³-hybridized carbons (Fsp3) is 0.400. The SMILES string of the molecule is Cc1cc(Br)ccc1NCC(O)CN. The summed E-state index contributed by atoms with van der Waals surface area (Å²) in [5.41, 5.74) is 7.47. The standard InChI is InChI=1S/C10H15BrN2O/c1-7-4-8(11)2-3-10(7)13-6-9(14)5-12/h2-4,9,13-14H,5-6,12H2,1H3. The van der Waals surface area contributed by atoms with Crippen LogP contribution in [-0.2, 0) is 0 Å². The van der Waals surface area contributed by atoms with Gasteiger partial charge in [0.15, 0.2) is 0 Å². The molecule has 0 aliphatic rings. The molecule has 0 fully saturated rings. The van der Waals surface area contributed by atoms with Crippen LogP contribution in [-0.4, -0.2) is 24.3 Å². The third-order valence-corrected chi connectivity index (χ3v) is 2.48. The number of aryl methyl sites for hydroxylation is 1. The highest BCUT2D eigenvalue weighted by molar-refractivity contribution is 9.10. The van der Waals surface area contributed by atoms with E-state index in [0.717, 1.165) is 15.7 Å². The van der Waals surface area contributed by atoms with Crippen molar-refractivity contribution in [3.63, 3.8) is 0 Å². The first-order valence-corrected chi connectivity index (χ1v) is 5.31. The molecule has 0 heterocycles. The monoisotopic (exact) mass is 258 g/mol. The number of rotatable bonds is 4. The van der Waals surface area contributed by atoms with Gasteiger partial charge in [0.1, 0.15) is 0 Å². The second kappa shape index (κ2) is 5.34. The van der Waals surface area contributed by atoms with E-state index in [1.807, 2.05) is 25.1 Å². The van der Waals surface area contributed by atoms with Crippen LogP contribution in [0.1, 0.15) is 5.56 Å². The number of halogens is 1. The highest BCUT2D eigenvalue weighted by Crippen LogP contribution is 2.19. The molecule has 0 spiro atoms. The van der Waals surface area contributed by atoms with E-state index in [4.69, 9.17) is 5.73 Å². The summed E-state index contributed by atoms with van der Waals surface area (Å²) >= 11 is 3.39. The predicted molar refractivity (Wildman–Crippen MR) is 62.4 cm³/mol. The number of hydrogen-bond donors (Lipinski definition) is 3. The van der Waals surface area contributed by atoms with Crippen LogP contribution >= 0.6 is 15.9 Å². The lowest BCUT2D eigenvalue weighted by molar-refractivity contribution is 0.196. The molecule has 0 aliphatic heterocycles. The van der Waals surface area contributed by atoms with Gasteiger partial charge in [0.05, 0.1) is 6.10 Å². The summed E-state index contributed by atoms with van der Waals surface area (Å²) in [5, 5.41) is 12.4. The van der Waals surface area contributed by atoms with Crippen molar-refractivity contribution in [3.05, 3.63) is 28.2 Å². The van der Waals surface area contributed by atoms with Gasteiger partial charge in [-0.15, -0.1) is 0 Å². The molecule has 1 aromatic rings. The summed E-state index contributed by atoms with van der Waals surface area (Å²) < 4.78 is 1.06. The van der Waals surface area contributed by atoms with Crippen LogP contribution in [0.2, 0.25) is 0 Å². The van der Waals surface area contributed by atoms with Crippen LogP contribution in [0.3, 0.4) is 0 Å². The summed E-state index contributed by atoms with van der Waals surface area (Å²) in [6.45, 7) is 2.78. The Morgan fingerprint density at radius 2 is 2.29 bits per heavy atom. The quantitative estimate of drug-likeness (QED) is 0.767. The van der Waals surface area contributed by atoms with Crippen molar-refractivity contribution in [2.24, 2.45) is 5.73 Å². The van der Waals surface area contributed by atoms with Gasteiger partial charge in [0.2, 0.25) is 0 Å². The lowest BCUT2D eigenvalue weighted by atomic mass is 10.2. The van der Waals surface area contributed by atoms with E-state index in [-0.39, 0.29) is 6.54 Å². The van der Waals surface area contributed by atoms with Crippen molar-refractivity contribution in [1.82, 2.24) is 0 Å². The van der Waals surface area contributed by atoms with Crippen LogP contribution in [0.25, 0.3) is 0 Å². The van der Waals surface area contributed by atoms with Gasteiger partial charge in [0, 0.05) is 23.2 Å². The first-order valence-electron chi connectivity index (χ1n) is 4.51. The number of nitrogens with one attached hydrogen (secondary N) is 1. The summed E-state index contributed by atoms with van der Waals surface area (Å²) in [6, 6.07) is 5.96. The number of hydrogen-bond acceptors (Lipinski definition) is 3. The Bertz CT molecular complexity index is 304. The van der Waals surface area contributed by atoms with E-state index in [1.54, 1.807) is 0 Å². The molecule has 0 amide bonds. The van der Waals surface area contributed by atoms with Gasteiger partial charge in [-0.2, -0.15) is 0 Å². The molecule has 0 saturated carbocycles. The topological polar surface area (TPSA) is 58.3 Å². The number of anilines is 1. The second-order valence-corrected chi connectivity index (χ2v) is 4.15. The Labute approximate surface area is 92.4 Å². The molecule has 1 unspecified atom stereocenters. The van der Waals surface area contributed by atoms with Crippen molar-refractivity contribution in [2.75, 3.05) is 18.4 Å². The van der Waals surface area contributed by atoms with E-state index in [9.17, 15) is 5.11 Å². The zero-order valence-corrected chi connectivity index (χ0v) is 9.71. The molecule has 0 saturated heterocycles. The molecule has 0 bridgehead atoms. The minimum atomic E-state index is -0.488. The van der Waals surface area contributed by atoms with E-state index in [1.165, 1.54) is 0 Å². The third kappa shape index (κ3) is 3.29. The van der Waals surface area contributed by atoms with Gasteiger partial charge in [-0.25, -0.2) is 0 Å². The first-order chi connectivity index (χ1) is 6.63. The van der Waals surface area contributed by atoms with Crippen LogP contribution in [0.5, 0.6) is 0 Å². The molecule has 4 N–H and O–H groups in total. The van der Waals surface area contributed by atoms with Crippen molar-refractivity contribution in [2.45, 2.75) is 13.0 Å². The van der Waals surface area contributed by atoms with Crippen molar-refractivity contribution in [3.8, 4) is 0 Å². The van der Waals surface area contributed by atoms with E-state index in [0.29, 0.717) is 6.54 Å². The fourth-order valence-electron chi connectivity index (χ4n) is 1.14. The fourth-order valence-corrected chi connectivity index (χ4v) is 1.61. The van der Waals surface area contributed by atoms with Gasteiger partial charge in [-0.05, 0) is 30.7 Å². The zero-order chi connectivity index (χ0) is 10.6. The van der Waals surface area contributed by atoms with Gasteiger partial charge < -0.3 is 16.2 Å². The van der Waals surface area contributed by atoms with Crippen molar-refractivity contribution in [1.29, 1.82) is 0 Å². The van der Waals surface area contributed by atoms with Crippen LogP contribution in [0.15, 0.2) is 22.7 Å². The maximum Gasteiger partial charge on any atom is 0.0834 e. The van der Waals surface area contributed by atoms with Gasteiger partial charge in [-0.1, -0.05) is 15.9 Å². The lowest BCUT2D eigenvalue weighted by Gasteiger charge is -2.12. The number of nitrogens with two attached hydrogens (primary N) is 1. The molecule has 0 aliphatic carbocycles. The number of aliphatic hydroxyl groups is 1. The molecule has 1 atom stereocenters. The zero-order valence-electron chi connectivity index (χ0n) is 8.13. The number of aliphatic hydroxyl groups excluding tert-OH is 1. The van der Waals surface area contributed by atoms with Crippen molar-refractivity contribution < 1.29 is 5.11 Å². The molecule has 0 radical (unpaired) electrons. The van der Waals surface area contributed by atoms with E-state index >= 15 is 0 Å². The molecule has 1 aromatic carbocycles. The summed E-state index contributed by atoms with van der Waals surface area (Å²) in [6.07, 6.45) is -0.488. The summed E-state index contributed by atoms with van der Waals surface area (Å²) in [4.78, 5) is 0. The molecular formula is C10H15BrN2O. The van der Waals surface area contributed by atoms with E-state index < -0.39 is 6.10 Å². The highest BCUT2D eigenvalue weighted by atomic mass is 79.9. The third-order valence-electron chi connectivity index (χ3n) is 1.99. The van der Waals surface area contributed by atoms with Gasteiger partial charge in [-0.3, -0.25) is 0 Å². The minimum absolute atomic E-state index is 0.280. The normalized spacial score (nSPS) is 12.6. The Hall–Kier alpha value is -0.580. The Balaban J connectivity index is 2.59. The Kier molecular flexibility index (Phi) is 4.38. The maximum atomic E-state index is 9.27. The molecular weight excluding hydrogens is 244 g/mol. The molecule has 14 heavy (non-hydrogen) atoms. The summed E-state index contributed by atoms with van der Waals surface area (Å²) in [7, 11) is 0. The first kappa shape index (κ1) is 11.5.